The molecule has 2 heterocycles. The molecule has 0 spiro atoms. The highest BCUT2D eigenvalue weighted by atomic mass is 16.5. The van der Waals surface area contributed by atoms with Gasteiger partial charge in [-0.2, -0.15) is 5.10 Å². The predicted octanol–water partition coefficient (Wildman–Crippen LogP) is 2.16. The van der Waals surface area contributed by atoms with Gasteiger partial charge in [-0.05, 0) is 46.1 Å². The molecule has 2 unspecified atom stereocenters. The summed E-state index contributed by atoms with van der Waals surface area (Å²) in [5.41, 5.74) is -0.545. The topological polar surface area (TPSA) is 68.2 Å². The normalized spacial score (nSPS) is 24.0. The third-order valence-electron chi connectivity index (χ3n) is 4.05. The fraction of sp³-hybridized carbons (Fsp3) is 0.750. The van der Waals surface area contributed by atoms with Crippen LogP contribution in [0, 0.1) is 5.92 Å². The van der Waals surface area contributed by atoms with Gasteiger partial charge >= 0.3 is 6.03 Å². The number of hydrogen-bond donors (Lipinski definition) is 2. The molecule has 22 heavy (non-hydrogen) atoms. The van der Waals surface area contributed by atoms with Crippen LogP contribution in [0.5, 0.6) is 0 Å². The third kappa shape index (κ3) is 4.47. The molecule has 2 N–H and O–H groups in total. The number of ether oxygens (including phenoxy) is 1. The highest BCUT2D eigenvalue weighted by molar-refractivity contribution is 5.74. The second kappa shape index (κ2) is 6.28. The molecule has 0 radical (unpaired) electrons. The van der Waals surface area contributed by atoms with Gasteiger partial charge in [0.15, 0.2) is 0 Å². The van der Waals surface area contributed by atoms with Gasteiger partial charge in [0.05, 0.1) is 17.2 Å². The van der Waals surface area contributed by atoms with Gasteiger partial charge in [-0.3, -0.25) is 4.68 Å². The molecule has 1 aliphatic rings. The minimum Gasteiger partial charge on any atom is -0.367 e. The highest BCUT2D eigenvalue weighted by Gasteiger charge is 2.46. The zero-order valence-electron chi connectivity index (χ0n) is 14.2. The van der Waals surface area contributed by atoms with Gasteiger partial charge in [0.2, 0.25) is 0 Å². The Balaban J connectivity index is 1.76. The first kappa shape index (κ1) is 16.8. The lowest BCUT2D eigenvalue weighted by Crippen LogP contribution is -2.50. The Morgan fingerprint density at radius 2 is 2.18 bits per heavy atom. The van der Waals surface area contributed by atoms with Crippen molar-refractivity contribution in [2.24, 2.45) is 5.92 Å². The van der Waals surface area contributed by atoms with Gasteiger partial charge in [-0.1, -0.05) is 6.92 Å². The summed E-state index contributed by atoms with van der Waals surface area (Å²) in [6, 6.07) is 1.78. The van der Waals surface area contributed by atoms with Gasteiger partial charge in [0, 0.05) is 25.5 Å². The number of nitrogens with zero attached hydrogens (tertiary/aromatic N) is 2. The molecule has 6 heteroatoms. The molecule has 1 saturated heterocycles. The lowest BCUT2D eigenvalue weighted by atomic mass is 9.95. The smallest absolute Gasteiger partial charge is 0.315 e. The SMILES string of the molecule is CC(CNC(=O)NC1CC(C)(C)OC1(C)C)Cn1cccn1. The molecular weight excluding hydrogens is 280 g/mol. The van der Waals surface area contributed by atoms with Crippen LogP contribution in [0.25, 0.3) is 0 Å². The predicted molar refractivity (Wildman–Crippen MR) is 85.6 cm³/mol. The van der Waals surface area contributed by atoms with Crippen LogP contribution in [0.1, 0.15) is 41.0 Å². The van der Waals surface area contributed by atoms with Crippen LogP contribution in [0.2, 0.25) is 0 Å². The molecule has 1 aliphatic heterocycles. The number of carbonyl (C=O) groups is 1. The van der Waals surface area contributed by atoms with E-state index in [-0.39, 0.29) is 23.3 Å². The number of carbonyl (C=O) groups excluding carboxylic acids is 1. The van der Waals surface area contributed by atoms with Gasteiger partial charge in [0.25, 0.3) is 0 Å². The quantitative estimate of drug-likeness (QED) is 0.876. The van der Waals surface area contributed by atoms with Crippen molar-refractivity contribution in [2.45, 2.75) is 64.8 Å². The summed E-state index contributed by atoms with van der Waals surface area (Å²) in [4.78, 5) is 12.1. The molecule has 2 rings (SSSR count). The Bertz CT molecular complexity index is 496. The second-order valence-corrected chi connectivity index (χ2v) is 7.41. The van der Waals surface area contributed by atoms with Crippen molar-refractivity contribution in [2.75, 3.05) is 6.54 Å². The molecule has 2 atom stereocenters. The summed E-state index contributed by atoms with van der Waals surface area (Å²) in [6.45, 7) is 11.6. The molecule has 0 saturated carbocycles. The Kier molecular flexibility index (Phi) is 4.80. The van der Waals surface area contributed by atoms with Gasteiger partial charge in [-0.25, -0.2) is 4.79 Å². The molecule has 1 aromatic rings. The Morgan fingerprint density at radius 1 is 1.45 bits per heavy atom. The van der Waals surface area contributed by atoms with E-state index >= 15 is 0 Å². The summed E-state index contributed by atoms with van der Waals surface area (Å²) in [5.74, 6) is 0.315. The van der Waals surface area contributed by atoms with Crippen LogP contribution in [-0.4, -0.2) is 39.6 Å². The molecule has 2 amide bonds. The van der Waals surface area contributed by atoms with Crippen LogP contribution < -0.4 is 10.6 Å². The van der Waals surface area contributed by atoms with E-state index in [1.807, 2.05) is 30.8 Å². The molecule has 0 aliphatic carbocycles. The first-order chi connectivity index (χ1) is 10.2. The summed E-state index contributed by atoms with van der Waals surface area (Å²) in [5, 5.41) is 10.2. The first-order valence-corrected chi connectivity index (χ1v) is 7.90. The minimum absolute atomic E-state index is 0.0175. The maximum Gasteiger partial charge on any atom is 0.315 e. The monoisotopic (exact) mass is 308 g/mol. The summed E-state index contributed by atoms with van der Waals surface area (Å²) in [7, 11) is 0. The highest BCUT2D eigenvalue weighted by Crippen LogP contribution is 2.37. The number of aromatic nitrogens is 2. The molecule has 124 valence electrons. The van der Waals surface area contributed by atoms with Crippen molar-refractivity contribution in [1.82, 2.24) is 20.4 Å². The van der Waals surface area contributed by atoms with Crippen molar-refractivity contribution in [3.63, 3.8) is 0 Å². The fourth-order valence-corrected chi connectivity index (χ4v) is 3.06. The van der Waals surface area contributed by atoms with E-state index in [9.17, 15) is 4.79 Å². The molecule has 0 bridgehead atoms. The van der Waals surface area contributed by atoms with Crippen LogP contribution in [0.4, 0.5) is 4.79 Å². The van der Waals surface area contributed by atoms with Crippen LogP contribution in [-0.2, 0) is 11.3 Å². The number of amides is 2. The zero-order valence-corrected chi connectivity index (χ0v) is 14.2. The van der Waals surface area contributed by atoms with Crippen LogP contribution in [0.15, 0.2) is 18.5 Å². The molecule has 0 aromatic carbocycles. The van der Waals surface area contributed by atoms with E-state index < -0.39 is 0 Å². The van der Waals surface area contributed by atoms with Gasteiger partial charge < -0.3 is 15.4 Å². The lowest BCUT2D eigenvalue weighted by Gasteiger charge is -2.27. The maximum absolute atomic E-state index is 12.1. The summed E-state index contributed by atoms with van der Waals surface area (Å²) < 4.78 is 7.87. The number of hydrogen-bond acceptors (Lipinski definition) is 3. The van der Waals surface area contributed by atoms with Gasteiger partial charge in [-0.15, -0.1) is 0 Å². The molecule has 1 fully saturated rings. The standard InChI is InChI=1S/C16H28N4O2/c1-12(11-20-8-6-7-18-20)10-17-14(21)19-13-9-15(2,3)22-16(13,4)5/h6-8,12-13H,9-11H2,1-5H3,(H2,17,19,21). The fourth-order valence-electron chi connectivity index (χ4n) is 3.06. The van der Waals surface area contributed by atoms with Crippen molar-refractivity contribution in [1.29, 1.82) is 0 Å². The van der Waals surface area contributed by atoms with E-state index in [0.29, 0.717) is 12.5 Å². The zero-order chi connectivity index (χ0) is 16.4. The number of nitrogens with one attached hydrogen (secondary N) is 2. The van der Waals surface area contributed by atoms with E-state index in [1.54, 1.807) is 6.20 Å². The van der Waals surface area contributed by atoms with Crippen molar-refractivity contribution in [3.05, 3.63) is 18.5 Å². The average molecular weight is 308 g/mol. The second-order valence-electron chi connectivity index (χ2n) is 7.41. The first-order valence-electron chi connectivity index (χ1n) is 7.90. The number of urea groups is 1. The Hall–Kier alpha value is -1.56. The summed E-state index contributed by atoms with van der Waals surface area (Å²) in [6.07, 6.45) is 4.50. The maximum atomic E-state index is 12.1. The molecule has 6 nitrogen and oxygen atoms in total. The van der Waals surface area contributed by atoms with E-state index in [0.717, 1.165) is 13.0 Å². The summed E-state index contributed by atoms with van der Waals surface area (Å²) >= 11 is 0. The van der Waals surface area contributed by atoms with E-state index in [2.05, 4.69) is 36.5 Å². The van der Waals surface area contributed by atoms with Gasteiger partial charge in [0.1, 0.15) is 0 Å². The van der Waals surface area contributed by atoms with Crippen molar-refractivity contribution < 1.29 is 9.53 Å². The number of rotatable bonds is 5. The molecule has 1 aromatic heterocycles. The van der Waals surface area contributed by atoms with Crippen molar-refractivity contribution in [3.8, 4) is 0 Å². The van der Waals surface area contributed by atoms with Crippen LogP contribution in [0.3, 0.4) is 0 Å². The Morgan fingerprint density at radius 3 is 2.73 bits per heavy atom. The van der Waals surface area contributed by atoms with E-state index in [4.69, 9.17) is 4.74 Å². The van der Waals surface area contributed by atoms with Crippen molar-refractivity contribution >= 4 is 6.03 Å². The Labute approximate surface area is 132 Å². The largest absolute Gasteiger partial charge is 0.367 e. The molecular formula is C16H28N4O2. The van der Waals surface area contributed by atoms with E-state index in [1.165, 1.54) is 0 Å². The minimum atomic E-state index is -0.346. The lowest BCUT2D eigenvalue weighted by molar-refractivity contribution is -0.0690. The average Bonchev–Trinajstić information content (AvgIpc) is 2.93. The van der Waals surface area contributed by atoms with Crippen LogP contribution >= 0.6 is 0 Å². The third-order valence-corrected chi connectivity index (χ3v) is 4.05.